The molecule has 0 aliphatic rings. The van der Waals surface area contributed by atoms with E-state index in [-0.39, 0.29) is 11.8 Å². The Hall–Kier alpha value is -0.570. The molecule has 0 spiro atoms. The largest absolute Gasteiger partial charge is 0.294 e. The average Bonchev–Trinajstić information content (AvgIpc) is 2.10. The number of amides is 1. The Balaban J connectivity index is 3.94. The van der Waals surface area contributed by atoms with E-state index >= 15 is 0 Å². The molecule has 13 heavy (non-hydrogen) atoms. The minimum Gasteiger partial charge on any atom is -0.294 e. The van der Waals surface area contributed by atoms with Crippen LogP contribution in [-0.4, -0.2) is 5.91 Å². The summed E-state index contributed by atoms with van der Waals surface area (Å²) >= 11 is 0. The lowest BCUT2D eigenvalue weighted by Crippen LogP contribution is -2.36. The van der Waals surface area contributed by atoms with Crippen molar-refractivity contribution in [3.05, 3.63) is 0 Å². The van der Waals surface area contributed by atoms with Gasteiger partial charge in [-0.1, -0.05) is 33.6 Å². The van der Waals surface area contributed by atoms with Crippen molar-refractivity contribution in [2.24, 2.45) is 17.7 Å². The van der Waals surface area contributed by atoms with E-state index < -0.39 is 0 Å². The standard InChI is InChI=1S/C10H22N2O/c1-4-5-6-9(7-8(2)3)10(13)12-11/h8-9H,4-7,11H2,1-3H3,(H,12,13). The maximum absolute atomic E-state index is 11.3. The van der Waals surface area contributed by atoms with Crippen LogP contribution < -0.4 is 11.3 Å². The quantitative estimate of drug-likeness (QED) is 0.378. The van der Waals surface area contributed by atoms with Gasteiger partial charge >= 0.3 is 0 Å². The van der Waals surface area contributed by atoms with Crippen molar-refractivity contribution in [1.82, 2.24) is 5.43 Å². The SMILES string of the molecule is CCCCC(CC(C)C)C(=O)NN. The van der Waals surface area contributed by atoms with Gasteiger partial charge in [0.05, 0.1) is 0 Å². The summed E-state index contributed by atoms with van der Waals surface area (Å²) in [7, 11) is 0. The van der Waals surface area contributed by atoms with Gasteiger partial charge in [0.2, 0.25) is 5.91 Å². The van der Waals surface area contributed by atoms with Crippen LogP contribution in [-0.2, 0) is 4.79 Å². The minimum absolute atomic E-state index is 0.0119. The predicted octanol–water partition coefficient (Wildman–Crippen LogP) is 1.83. The third kappa shape index (κ3) is 5.64. The molecule has 3 nitrogen and oxygen atoms in total. The zero-order valence-corrected chi connectivity index (χ0v) is 8.97. The Kier molecular flexibility index (Phi) is 6.59. The zero-order valence-electron chi connectivity index (χ0n) is 8.97. The molecule has 0 rings (SSSR count). The van der Waals surface area contributed by atoms with Crippen molar-refractivity contribution in [1.29, 1.82) is 0 Å². The summed E-state index contributed by atoms with van der Waals surface area (Å²) in [5, 5.41) is 0. The lowest BCUT2D eigenvalue weighted by Gasteiger charge is -2.16. The fraction of sp³-hybridized carbons (Fsp3) is 0.900. The molecule has 0 bridgehead atoms. The Morgan fingerprint density at radius 3 is 2.46 bits per heavy atom. The maximum Gasteiger partial charge on any atom is 0.236 e. The first kappa shape index (κ1) is 12.4. The van der Waals surface area contributed by atoms with E-state index in [1.165, 1.54) is 0 Å². The number of hydrazine groups is 1. The Labute approximate surface area is 81.0 Å². The Morgan fingerprint density at radius 1 is 1.46 bits per heavy atom. The molecule has 0 aliphatic heterocycles. The second-order valence-electron chi connectivity index (χ2n) is 3.98. The van der Waals surface area contributed by atoms with E-state index in [4.69, 9.17) is 5.84 Å². The highest BCUT2D eigenvalue weighted by Gasteiger charge is 2.17. The average molecular weight is 186 g/mol. The van der Waals surface area contributed by atoms with E-state index in [9.17, 15) is 4.79 Å². The Bertz CT molecular complexity index is 146. The molecule has 3 N–H and O–H groups in total. The molecule has 0 saturated carbocycles. The summed E-state index contributed by atoms with van der Waals surface area (Å²) in [5.74, 6) is 5.77. The molecule has 1 unspecified atom stereocenters. The second kappa shape index (κ2) is 6.89. The van der Waals surface area contributed by atoms with Gasteiger partial charge in [-0.15, -0.1) is 0 Å². The smallest absolute Gasteiger partial charge is 0.236 e. The molecule has 0 radical (unpaired) electrons. The van der Waals surface area contributed by atoms with Crippen molar-refractivity contribution in [3.8, 4) is 0 Å². The van der Waals surface area contributed by atoms with Gasteiger partial charge in [0.25, 0.3) is 0 Å². The number of nitrogens with two attached hydrogens (primary N) is 1. The molecule has 78 valence electrons. The minimum atomic E-state index is -0.0119. The number of nitrogens with one attached hydrogen (secondary N) is 1. The summed E-state index contributed by atoms with van der Waals surface area (Å²) in [6.45, 7) is 6.39. The highest BCUT2D eigenvalue weighted by Crippen LogP contribution is 2.17. The van der Waals surface area contributed by atoms with Crippen LogP contribution >= 0.6 is 0 Å². The lowest BCUT2D eigenvalue weighted by atomic mass is 9.92. The van der Waals surface area contributed by atoms with Gasteiger partial charge in [-0.05, 0) is 18.8 Å². The molecule has 1 amide bonds. The molecule has 0 fully saturated rings. The third-order valence-corrected chi connectivity index (χ3v) is 2.18. The third-order valence-electron chi connectivity index (χ3n) is 2.18. The van der Waals surface area contributed by atoms with Crippen molar-refractivity contribution in [2.45, 2.75) is 46.5 Å². The van der Waals surface area contributed by atoms with Crippen LogP contribution in [0.2, 0.25) is 0 Å². The van der Waals surface area contributed by atoms with Crippen LogP contribution in [0.25, 0.3) is 0 Å². The normalized spacial score (nSPS) is 13.0. The fourth-order valence-corrected chi connectivity index (χ4v) is 1.49. The van der Waals surface area contributed by atoms with Gasteiger partial charge in [0.1, 0.15) is 0 Å². The van der Waals surface area contributed by atoms with Crippen LogP contribution in [0.3, 0.4) is 0 Å². The zero-order chi connectivity index (χ0) is 10.3. The fourth-order valence-electron chi connectivity index (χ4n) is 1.49. The lowest BCUT2D eigenvalue weighted by molar-refractivity contribution is -0.125. The van der Waals surface area contributed by atoms with Gasteiger partial charge in [-0.2, -0.15) is 0 Å². The van der Waals surface area contributed by atoms with Crippen LogP contribution in [0, 0.1) is 11.8 Å². The highest BCUT2D eigenvalue weighted by atomic mass is 16.2. The number of hydrogen-bond donors (Lipinski definition) is 2. The van der Waals surface area contributed by atoms with E-state index in [0.717, 1.165) is 25.7 Å². The van der Waals surface area contributed by atoms with Crippen molar-refractivity contribution < 1.29 is 4.79 Å². The number of rotatable bonds is 6. The predicted molar refractivity (Wildman–Crippen MR) is 54.8 cm³/mol. The van der Waals surface area contributed by atoms with E-state index in [0.29, 0.717) is 5.92 Å². The van der Waals surface area contributed by atoms with Crippen LogP contribution in [0.1, 0.15) is 46.5 Å². The molecular formula is C10H22N2O. The van der Waals surface area contributed by atoms with Crippen LogP contribution in [0.4, 0.5) is 0 Å². The summed E-state index contributed by atoms with van der Waals surface area (Å²) in [4.78, 5) is 11.3. The first-order chi connectivity index (χ1) is 6.11. The van der Waals surface area contributed by atoms with E-state index in [1.807, 2.05) is 0 Å². The maximum atomic E-state index is 11.3. The van der Waals surface area contributed by atoms with Crippen LogP contribution in [0.15, 0.2) is 0 Å². The van der Waals surface area contributed by atoms with Gasteiger partial charge in [0, 0.05) is 5.92 Å². The summed E-state index contributed by atoms with van der Waals surface area (Å²) in [5.41, 5.74) is 2.24. The molecular weight excluding hydrogens is 164 g/mol. The van der Waals surface area contributed by atoms with Gasteiger partial charge in [-0.25, -0.2) is 5.84 Å². The summed E-state index contributed by atoms with van der Waals surface area (Å²) < 4.78 is 0. The molecule has 0 aromatic rings. The van der Waals surface area contributed by atoms with Crippen molar-refractivity contribution >= 4 is 5.91 Å². The monoisotopic (exact) mass is 186 g/mol. The molecule has 0 heterocycles. The first-order valence-electron chi connectivity index (χ1n) is 5.12. The van der Waals surface area contributed by atoms with Crippen molar-refractivity contribution in [3.63, 3.8) is 0 Å². The number of hydrogen-bond acceptors (Lipinski definition) is 2. The topological polar surface area (TPSA) is 55.1 Å². The van der Waals surface area contributed by atoms with Crippen LogP contribution in [0.5, 0.6) is 0 Å². The molecule has 0 saturated heterocycles. The van der Waals surface area contributed by atoms with Crippen molar-refractivity contribution in [2.75, 3.05) is 0 Å². The highest BCUT2D eigenvalue weighted by molar-refractivity contribution is 5.77. The number of carbonyl (C=O) groups excluding carboxylic acids is 1. The van der Waals surface area contributed by atoms with Gasteiger partial charge in [-0.3, -0.25) is 10.2 Å². The second-order valence-corrected chi connectivity index (χ2v) is 3.98. The molecule has 0 aromatic heterocycles. The molecule has 1 atom stereocenters. The van der Waals surface area contributed by atoms with E-state index in [2.05, 4.69) is 26.2 Å². The van der Waals surface area contributed by atoms with E-state index in [1.54, 1.807) is 0 Å². The van der Waals surface area contributed by atoms with Gasteiger partial charge in [0.15, 0.2) is 0 Å². The number of carbonyl (C=O) groups is 1. The first-order valence-corrected chi connectivity index (χ1v) is 5.12. The molecule has 3 heteroatoms. The van der Waals surface area contributed by atoms with Gasteiger partial charge < -0.3 is 0 Å². The molecule has 0 aromatic carbocycles. The Morgan fingerprint density at radius 2 is 2.08 bits per heavy atom. The number of unbranched alkanes of at least 4 members (excludes halogenated alkanes) is 1. The summed E-state index contributed by atoms with van der Waals surface area (Å²) in [6, 6.07) is 0. The summed E-state index contributed by atoms with van der Waals surface area (Å²) in [6.07, 6.45) is 4.12. The molecule has 0 aliphatic carbocycles.